The maximum absolute atomic E-state index is 12.0. The Morgan fingerprint density at radius 1 is 1.40 bits per heavy atom. The van der Waals surface area contributed by atoms with Crippen molar-refractivity contribution in [2.24, 2.45) is 0 Å². The highest BCUT2D eigenvalue weighted by molar-refractivity contribution is 5.93. The normalized spacial score (nSPS) is 16.4. The van der Waals surface area contributed by atoms with E-state index in [1.807, 2.05) is 6.92 Å². The van der Waals surface area contributed by atoms with Crippen LogP contribution in [0.25, 0.3) is 0 Å². The molecule has 1 N–H and O–H groups in total. The molecule has 0 saturated heterocycles. The van der Waals surface area contributed by atoms with E-state index in [1.165, 1.54) is 38.3 Å². The molecule has 0 unspecified atom stereocenters. The molecule has 5 heteroatoms. The highest BCUT2D eigenvalue weighted by Crippen LogP contribution is 2.21. The quantitative estimate of drug-likeness (QED) is 0.890. The highest BCUT2D eigenvalue weighted by Gasteiger charge is 2.17. The first kappa shape index (κ1) is 14.9. The number of nitrogens with one attached hydrogen (secondary N) is 1. The summed E-state index contributed by atoms with van der Waals surface area (Å²) in [7, 11) is 2.15. The number of rotatable bonds is 5. The Kier molecular flexibility index (Phi) is 5.47. The van der Waals surface area contributed by atoms with Gasteiger partial charge in [0, 0.05) is 19.1 Å². The average Bonchev–Trinajstić information content (AvgIpc) is 2.48. The molecule has 5 nitrogen and oxygen atoms in total. The van der Waals surface area contributed by atoms with Gasteiger partial charge in [-0.05, 0) is 32.9 Å². The van der Waals surface area contributed by atoms with Gasteiger partial charge in [0.05, 0.1) is 17.5 Å². The lowest BCUT2D eigenvalue weighted by Gasteiger charge is -2.31. The van der Waals surface area contributed by atoms with Crippen molar-refractivity contribution >= 4 is 5.91 Å². The van der Waals surface area contributed by atoms with Crippen molar-refractivity contribution in [2.75, 3.05) is 20.1 Å². The van der Waals surface area contributed by atoms with Crippen molar-refractivity contribution < 1.29 is 4.79 Å². The maximum atomic E-state index is 12.0. The third kappa shape index (κ3) is 4.27. The number of nitrogens with zero attached hydrogens (tertiary/aromatic N) is 3. The molecule has 0 radical (unpaired) electrons. The van der Waals surface area contributed by atoms with Gasteiger partial charge in [0.25, 0.3) is 5.91 Å². The topological polar surface area (TPSA) is 58.1 Å². The van der Waals surface area contributed by atoms with E-state index in [0.717, 1.165) is 12.2 Å². The lowest BCUT2D eigenvalue weighted by atomic mass is 9.94. The summed E-state index contributed by atoms with van der Waals surface area (Å²) in [6.45, 7) is 3.40. The van der Waals surface area contributed by atoms with E-state index in [1.54, 1.807) is 6.07 Å². The van der Waals surface area contributed by atoms with Gasteiger partial charge >= 0.3 is 0 Å². The number of amides is 1. The zero-order valence-corrected chi connectivity index (χ0v) is 12.4. The molecule has 1 amide bonds. The fourth-order valence-electron chi connectivity index (χ4n) is 2.75. The number of aromatic nitrogens is 2. The van der Waals surface area contributed by atoms with Crippen LogP contribution < -0.4 is 5.32 Å². The molecule has 0 aromatic carbocycles. The lowest BCUT2D eigenvalue weighted by molar-refractivity contribution is 0.0944. The van der Waals surface area contributed by atoms with E-state index >= 15 is 0 Å². The van der Waals surface area contributed by atoms with Crippen molar-refractivity contribution in [1.82, 2.24) is 20.4 Å². The summed E-state index contributed by atoms with van der Waals surface area (Å²) in [6.07, 6.45) is 8.13. The van der Waals surface area contributed by atoms with Crippen LogP contribution in [0.1, 0.15) is 48.2 Å². The lowest BCUT2D eigenvalue weighted by Crippen LogP contribution is -2.39. The van der Waals surface area contributed by atoms with E-state index in [0.29, 0.717) is 18.2 Å². The predicted molar refractivity (Wildman–Crippen MR) is 78.6 cm³/mol. The molecule has 20 heavy (non-hydrogen) atoms. The van der Waals surface area contributed by atoms with Crippen molar-refractivity contribution in [2.45, 2.75) is 45.1 Å². The van der Waals surface area contributed by atoms with Gasteiger partial charge in [-0.2, -0.15) is 10.2 Å². The van der Waals surface area contributed by atoms with Gasteiger partial charge in [-0.15, -0.1) is 0 Å². The summed E-state index contributed by atoms with van der Waals surface area (Å²) in [4.78, 5) is 14.3. The second kappa shape index (κ2) is 7.33. The Balaban J connectivity index is 1.73. The van der Waals surface area contributed by atoms with Gasteiger partial charge in [-0.3, -0.25) is 4.79 Å². The monoisotopic (exact) mass is 276 g/mol. The molecule has 1 fully saturated rings. The molecule has 1 aliphatic rings. The highest BCUT2D eigenvalue weighted by atomic mass is 16.1. The Labute approximate surface area is 120 Å². The van der Waals surface area contributed by atoms with Gasteiger partial charge in [-0.25, -0.2) is 0 Å². The van der Waals surface area contributed by atoms with Crippen LogP contribution in [-0.4, -0.2) is 47.2 Å². The molecule has 0 spiro atoms. The van der Waals surface area contributed by atoms with Crippen LogP contribution in [-0.2, 0) is 0 Å². The van der Waals surface area contributed by atoms with Crippen molar-refractivity contribution in [3.05, 3.63) is 23.5 Å². The largest absolute Gasteiger partial charge is 0.351 e. The SMILES string of the molecule is Cc1cc(C(=O)NCCN(C)C2CCCCC2)cnn1. The zero-order valence-electron chi connectivity index (χ0n) is 12.4. The minimum Gasteiger partial charge on any atom is -0.351 e. The fourth-order valence-corrected chi connectivity index (χ4v) is 2.75. The van der Waals surface area contributed by atoms with E-state index in [-0.39, 0.29) is 5.91 Å². The van der Waals surface area contributed by atoms with Crippen molar-refractivity contribution in [3.8, 4) is 0 Å². The molecule has 2 rings (SSSR count). The summed E-state index contributed by atoms with van der Waals surface area (Å²) in [5, 5.41) is 10.6. The smallest absolute Gasteiger partial charge is 0.253 e. The summed E-state index contributed by atoms with van der Waals surface area (Å²) < 4.78 is 0. The standard InChI is InChI=1S/C15H24N4O/c1-12-10-13(11-17-18-12)15(20)16-8-9-19(2)14-6-4-3-5-7-14/h10-11,14H,3-9H2,1-2H3,(H,16,20). The Morgan fingerprint density at radius 2 is 2.15 bits per heavy atom. The minimum absolute atomic E-state index is 0.0694. The van der Waals surface area contributed by atoms with Crippen LogP contribution in [0.15, 0.2) is 12.3 Å². The van der Waals surface area contributed by atoms with Gasteiger partial charge in [0.15, 0.2) is 0 Å². The van der Waals surface area contributed by atoms with Crippen LogP contribution in [0.4, 0.5) is 0 Å². The number of carbonyl (C=O) groups is 1. The second-order valence-corrected chi connectivity index (χ2v) is 5.61. The van der Waals surface area contributed by atoms with Crippen molar-refractivity contribution in [1.29, 1.82) is 0 Å². The van der Waals surface area contributed by atoms with Gasteiger partial charge in [-0.1, -0.05) is 19.3 Å². The zero-order chi connectivity index (χ0) is 14.4. The molecule has 1 aliphatic carbocycles. The van der Waals surface area contributed by atoms with E-state index in [4.69, 9.17) is 0 Å². The first-order chi connectivity index (χ1) is 9.66. The van der Waals surface area contributed by atoms with E-state index < -0.39 is 0 Å². The molecular weight excluding hydrogens is 252 g/mol. The van der Waals surface area contributed by atoms with Gasteiger partial charge in [0.2, 0.25) is 0 Å². The third-order valence-corrected chi connectivity index (χ3v) is 3.99. The molecule has 1 saturated carbocycles. The molecule has 0 atom stereocenters. The van der Waals surface area contributed by atoms with Crippen LogP contribution in [0.5, 0.6) is 0 Å². The Bertz CT molecular complexity index is 443. The third-order valence-electron chi connectivity index (χ3n) is 3.99. The Morgan fingerprint density at radius 3 is 2.85 bits per heavy atom. The van der Waals surface area contributed by atoms with Crippen LogP contribution in [0, 0.1) is 6.92 Å². The minimum atomic E-state index is -0.0694. The molecule has 110 valence electrons. The number of hydrogen-bond donors (Lipinski definition) is 1. The molecule has 0 bridgehead atoms. The summed E-state index contributed by atoms with van der Waals surface area (Å²) in [5.74, 6) is -0.0694. The van der Waals surface area contributed by atoms with Gasteiger partial charge in [0.1, 0.15) is 0 Å². The van der Waals surface area contributed by atoms with E-state index in [9.17, 15) is 4.79 Å². The second-order valence-electron chi connectivity index (χ2n) is 5.61. The number of aryl methyl sites for hydroxylation is 1. The van der Waals surface area contributed by atoms with E-state index in [2.05, 4.69) is 27.5 Å². The predicted octanol–water partition coefficient (Wildman–Crippen LogP) is 1.78. The molecule has 1 heterocycles. The average molecular weight is 276 g/mol. The number of hydrogen-bond acceptors (Lipinski definition) is 4. The first-order valence-electron chi connectivity index (χ1n) is 7.44. The summed E-state index contributed by atoms with van der Waals surface area (Å²) in [6, 6.07) is 2.44. The van der Waals surface area contributed by atoms with Gasteiger partial charge < -0.3 is 10.2 Å². The summed E-state index contributed by atoms with van der Waals surface area (Å²) in [5.41, 5.74) is 1.34. The number of carbonyl (C=O) groups excluding carboxylic acids is 1. The fraction of sp³-hybridized carbons (Fsp3) is 0.667. The molecular formula is C15H24N4O. The molecule has 1 aromatic rings. The summed E-state index contributed by atoms with van der Waals surface area (Å²) >= 11 is 0. The first-order valence-corrected chi connectivity index (χ1v) is 7.44. The maximum Gasteiger partial charge on any atom is 0.253 e. The molecule has 1 aromatic heterocycles. The molecule has 0 aliphatic heterocycles. The van der Waals surface area contributed by atoms with Crippen molar-refractivity contribution in [3.63, 3.8) is 0 Å². The number of likely N-dealkylation sites (N-methyl/N-ethyl adjacent to an activating group) is 1. The van der Waals surface area contributed by atoms with Crippen LogP contribution >= 0.6 is 0 Å². The Hall–Kier alpha value is -1.49. The van der Waals surface area contributed by atoms with Crippen LogP contribution in [0.2, 0.25) is 0 Å². The van der Waals surface area contributed by atoms with Crippen LogP contribution in [0.3, 0.4) is 0 Å².